The van der Waals surface area contributed by atoms with E-state index in [0.717, 1.165) is 12.0 Å². The first kappa shape index (κ1) is 23.1. The number of carbonyl (C=O) groups excluding carboxylic acids is 1. The summed E-state index contributed by atoms with van der Waals surface area (Å²) in [6.07, 6.45) is 1.93. The molecule has 0 saturated carbocycles. The number of furan rings is 1. The summed E-state index contributed by atoms with van der Waals surface area (Å²) in [5.41, 5.74) is 0.575. The van der Waals surface area contributed by atoms with Crippen LogP contribution < -0.4 is 5.32 Å². The fourth-order valence-electron chi connectivity index (χ4n) is 3.15. The summed E-state index contributed by atoms with van der Waals surface area (Å²) in [6.45, 7) is 5.53. The number of halogens is 3. The molecule has 1 aromatic carbocycles. The van der Waals surface area contributed by atoms with Crippen LogP contribution >= 0.6 is 24.0 Å². The van der Waals surface area contributed by atoms with Crippen LogP contribution in [0.15, 0.2) is 46.0 Å². The van der Waals surface area contributed by atoms with Gasteiger partial charge >= 0.3 is 0 Å². The van der Waals surface area contributed by atoms with Gasteiger partial charge in [-0.15, -0.1) is 24.0 Å². The molecule has 1 fully saturated rings. The van der Waals surface area contributed by atoms with Gasteiger partial charge in [0.25, 0.3) is 5.91 Å². The zero-order chi connectivity index (χ0) is 19.9. The molecular formula is C20H25F2IN4O2. The molecule has 0 atom stereocenters. The summed E-state index contributed by atoms with van der Waals surface area (Å²) in [5.74, 6) is -0.188. The van der Waals surface area contributed by atoms with Crippen molar-refractivity contribution in [2.24, 2.45) is 4.99 Å². The molecule has 0 spiro atoms. The van der Waals surface area contributed by atoms with Crippen molar-refractivity contribution in [2.45, 2.75) is 13.3 Å². The summed E-state index contributed by atoms with van der Waals surface area (Å²) >= 11 is 0. The van der Waals surface area contributed by atoms with E-state index in [1.165, 1.54) is 18.4 Å². The average Bonchev–Trinajstić information content (AvgIpc) is 3.21. The van der Waals surface area contributed by atoms with Crippen LogP contribution in [0.1, 0.15) is 23.0 Å². The van der Waals surface area contributed by atoms with Crippen molar-refractivity contribution >= 4 is 35.8 Å². The predicted molar refractivity (Wildman–Crippen MR) is 118 cm³/mol. The number of hydrogen-bond donors (Lipinski definition) is 1. The Bertz CT molecular complexity index is 802. The number of rotatable bonds is 5. The minimum atomic E-state index is -0.580. The van der Waals surface area contributed by atoms with Crippen molar-refractivity contribution in [2.75, 3.05) is 39.3 Å². The molecule has 1 saturated heterocycles. The first-order chi connectivity index (χ1) is 13.6. The third-order valence-electron chi connectivity index (χ3n) is 4.52. The fourth-order valence-corrected chi connectivity index (χ4v) is 3.15. The summed E-state index contributed by atoms with van der Waals surface area (Å²) in [7, 11) is 0. The molecule has 0 unspecified atom stereocenters. The molecule has 29 heavy (non-hydrogen) atoms. The molecule has 1 aliphatic rings. The van der Waals surface area contributed by atoms with E-state index in [9.17, 15) is 13.6 Å². The van der Waals surface area contributed by atoms with Crippen molar-refractivity contribution < 1.29 is 18.0 Å². The number of amides is 1. The van der Waals surface area contributed by atoms with E-state index in [0.29, 0.717) is 57.0 Å². The molecule has 2 heterocycles. The van der Waals surface area contributed by atoms with Crippen LogP contribution in [0.3, 0.4) is 0 Å². The molecule has 9 heteroatoms. The van der Waals surface area contributed by atoms with Gasteiger partial charge in [0, 0.05) is 45.3 Å². The lowest BCUT2D eigenvalue weighted by atomic mass is 10.1. The van der Waals surface area contributed by atoms with Crippen LogP contribution in [0.4, 0.5) is 8.78 Å². The van der Waals surface area contributed by atoms with Crippen LogP contribution in [0.2, 0.25) is 0 Å². The molecule has 1 aromatic heterocycles. The Labute approximate surface area is 186 Å². The maximum atomic E-state index is 13.3. The average molecular weight is 518 g/mol. The number of hydrogen-bond acceptors (Lipinski definition) is 3. The highest BCUT2D eigenvalue weighted by atomic mass is 127. The Kier molecular flexibility index (Phi) is 8.87. The molecule has 6 nitrogen and oxygen atoms in total. The predicted octanol–water partition coefficient (Wildman–Crippen LogP) is 3.14. The van der Waals surface area contributed by atoms with Crippen molar-refractivity contribution in [3.63, 3.8) is 0 Å². The molecule has 0 aliphatic carbocycles. The van der Waals surface area contributed by atoms with Gasteiger partial charge in [0.05, 0.1) is 6.26 Å². The Balaban J connectivity index is 0.00000300. The molecule has 3 rings (SSSR count). The molecular weight excluding hydrogens is 493 g/mol. The quantitative estimate of drug-likeness (QED) is 0.376. The topological polar surface area (TPSA) is 61.1 Å². The third kappa shape index (κ3) is 6.41. The zero-order valence-electron chi connectivity index (χ0n) is 16.2. The van der Waals surface area contributed by atoms with Gasteiger partial charge in [-0.1, -0.05) is 0 Å². The lowest BCUT2D eigenvalue weighted by molar-refractivity contribution is 0.0657. The molecule has 1 N–H and O–H groups in total. The monoisotopic (exact) mass is 518 g/mol. The number of carbonyl (C=O) groups is 1. The standard InChI is InChI=1S/C20H24F2N4O2.HI/c1-2-23-20(24-6-5-15-12-16(21)14-17(22)13-15)26-9-7-25(8-10-26)19(27)18-4-3-11-28-18;/h3-4,11-14H,2,5-10H2,1H3,(H,23,24);1H. The largest absolute Gasteiger partial charge is 0.459 e. The SMILES string of the molecule is CCNC(=NCCc1cc(F)cc(F)c1)N1CCN(C(=O)c2ccco2)CC1.I. The molecule has 1 aliphatic heterocycles. The number of guanidine groups is 1. The highest BCUT2D eigenvalue weighted by Crippen LogP contribution is 2.11. The highest BCUT2D eigenvalue weighted by molar-refractivity contribution is 14.0. The lowest BCUT2D eigenvalue weighted by Gasteiger charge is -2.36. The second-order valence-electron chi connectivity index (χ2n) is 6.52. The number of aliphatic imine (C=N–C) groups is 1. The van der Waals surface area contributed by atoms with Gasteiger partial charge in [-0.25, -0.2) is 8.78 Å². The first-order valence-corrected chi connectivity index (χ1v) is 9.38. The Morgan fingerprint density at radius 3 is 2.38 bits per heavy atom. The van der Waals surface area contributed by atoms with E-state index in [1.807, 2.05) is 6.92 Å². The normalized spacial score (nSPS) is 14.5. The van der Waals surface area contributed by atoms with E-state index in [4.69, 9.17) is 4.42 Å². The van der Waals surface area contributed by atoms with Gasteiger partial charge in [-0.3, -0.25) is 9.79 Å². The van der Waals surface area contributed by atoms with Crippen LogP contribution in [0, 0.1) is 11.6 Å². The summed E-state index contributed by atoms with van der Waals surface area (Å²) in [4.78, 5) is 20.8. The lowest BCUT2D eigenvalue weighted by Crippen LogP contribution is -2.53. The second kappa shape index (κ2) is 11.1. The second-order valence-corrected chi connectivity index (χ2v) is 6.52. The van der Waals surface area contributed by atoms with E-state index in [-0.39, 0.29) is 29.9 Å². The third-order valence-corrected chi connectivity index (χ3v) is 4.52. The molecule has 158 valence electrons. The van der Waals surface area contributed by atoms with Crippen LogP contribution in [-0.4, -0.2) is 60.9 Å². The van der Waals surface area contributed by atoms with Crippen molar-refractivity contribution in [3.05, 3.63) is 59.6 Å². The molecule has 0 radical (unpaired) electrons. The van der Waals surface area contributed by atoms with Crippen LogP contribution in [-0.2, 0) is 6.42 Å². The van der Waals surface area contributed by atoms with Gasteiger partial charge < -0.3 is 19.5 Å². The van der Waals surface area contributed by atoms with Gasteiger partial charge in [0.1, 0.15) is 11.6 Å². The first-order valence-electron chi connectivity index (χ1n) is 9.38. The maximum Gasteiger partial charge on any atom is 0.289 e. The Hall–Kier alpha value is -2.17. The van der Waals surface area contributed by atoms with Crippen molar-refractivity contribution in [3.8, 4) is 0 Å². The number of nitrogens with one attached hydrogen (secondary N) is 1. The van der Waals surface area contributed by atoms with Gasteiger partial charge in [0.2, 0.25) is 0 Å². The smallest absolute Gasteiger partial charge is 0.289 e. The Morgan fingerprint density at radius 2 is 1.79 bits per heavy atom. The summed E-state index contributed by atoms with van der Waals surface area (Å²) in [6, 6.07) is 6.87. The highest BCUT2D eigenvalue weighted by Gasteiger charge is 2.25. The number of nitrogens with zero attached hydrogens (tertiary/aromatic N) is 3. The van der Waals surface area contributed by atoms with Crippen LogP contribution in [0.5, 0.6) is 0 Å². The number of benzene rings is 1. The minimum absolute atomic E-state index is 0. The number of piperazine rings is 1. The zero-order valence-corrected chi connectivity index (χ0v) is 18.6. The van der Waals surface area contributed by atoms with Crippen LogP contribution in [0.25, 0.3) is 0 Å². The van der Waals surface area contributed by atoms with E-state index >= 15 is 0 Å². The fraction of sp³-hybridized carbons (Fsp3) is 0.400. The van der Waals surface area contributed by atoms with Gasteiger partial charge in [-0.2, -0.15) is 0 Å². The summed E-state index contributed by atoms with van der Waals surface area (Å²) < 4.78 is 31.8. The van der Waals surface area contributed by atoms with Gasteiger partial charge in [0.15, 0.2) is 11.7 Å². The Morgan fingerprint density at radius 1 is 1.14 bits per heavy atom. The van der Waals surface area contributed by atoms with E-state index in [2.05, 4.69) is 15.2 Å². The van der Waals surface area contributed by atoms with Crippen molar-refractivity contribution in [1.82, 2.24) is 15.1 Å². The van der Waals surface area contributed by atoms with Gasteiger partial charge in [-0.05, 0) is 43.2 Å². The van der Waals surface area contributed by atoms with E-state index < -0.39 is 11.6 Å². The van der Waals surface area contributed by atoms with Crippen molar-refractivity contribution in [1.29, 1.82) is 0 Å². The minimum Gasteiger partial charge on any atom is -0.459 e. The summed E-state index contributed by atoms with van der Waals surface area (Å²) in [5, 5.41) is 3.24. The molecule has 2 aromatic rings. The molecule has 0 bridgehead atoms. The molecule has 1 amide bonds. The van der Waals surface area contributed by atoms with E-state index in [1.54, 1.807) is 17.0 Å². The maximum absolute atomic E-state index is 13.3.